The minimum atomic E-state index is -0.361. The van der Waals surface area contributed by atoms with E-state index in [1.54, 1.807) is 12.1 Å². The topological polar surface area (TPSA) is 48.1 Å². The van der Waals surface area contributed by atoms with Crippen molar-refractivity contribution in [3.8, 4) is 50.5 Å². The lowest BCUT2D eigenvalue weighted by atomic mass is 9.91. The van der Waals surface area contributed by atoms with Gasteiger partial charge in [0.05, 0.1) is 16.3 Å². The van der Waals surface area contributed by atoms with Gasteiger partial charge in [0, 0.05) is 28.9 Å². The Bertz CT molecular complexity index is 1590. The number of nitro benzene ring substituents is 1. The molecule has 0 bridgehead atoms. The molecule has 0 unspecified atom stereocenters. The van der Waals surface area contributed by atoms with Gasteiger partial charge in [0.15, 0.2) is 0 Å². The fourth-order valence-electron chi connectivity index (χ4n) is 5.06. The van der Waals surface area contributed by atoms with Crippen LogP contribution in [-0.2, 0) is 0 Å². The van der Waals surface area contributed by atoms with Gasteiger partial charge in [-0.25, -0.2) is 0 Å². The van der Waals surface area contributed by atoms with E-state index in [1.165, 1.54) is 0 Å². The standard InChI is InChI=1S/C34H24N2O2/c37-36(38)30-23-21-29(22-24-30)35-33(27-17-9-3-10-18-27)31(25-13-5-1-6-14-25)32(26-15-7-2-8-16-26)34(35)28-19-11-4-12-20-28/h1-24H. The lowest BCUT2D eigenvalue weighted by Gasteiger charge is -2.16. The van der Waals surface area contributed by atoms with Gasteiger partial charge in [0.1, 0.15) is 0 Å². The molecular formula is C34H24N2O2. The van der Waals surface area contributed by atoms with Crippen LogP contribution in [0.1, 0.15) is 0 Å². The number of non-ortho nitro benzene ring substituents is 1. The van der Waals surface area contributed by atoms with Gasteiger partial charge in [-0.2, -0.15) is 0 Å². The predicted molar refractivity (Wildman–Crippen MR) is 154 cm³/mol. The van der Waals surface area contributed by atoms with Crippen LogP contribution in [0.25, 0.3) is 50.5 Å². The van der Waals surface area contributed by atoms with E-state index in [-0.39, 0.29) is 10.6 Å². The molecule has 4 nitrogen and oxygen atoms in total. The quantitative estimate of drug-likeness (QED) is 0.172. The Balaban J connectivity index is 1.82. The second-order valence-corrected chi connectivity index (χ2v) is 9.02. The average molecular weight is 493 g/mol. The van der Waals surface area contributed by atoms with Crippen LogP contribution in [0.5, 0.6) is 0 Å². The highest BCUT2D eigenvalue weighted by molar-refractivity contribution is 6.03. The fraction of sp³-hybridized carbons (Fsp3) is 0. The summed E-state index contributed by atoms with van der Waals surface area (Å²) >= 11 is 0. The maximum Gasteiger partial charge on any atom is 0.269 e. The number of hydrogen-bond donors (Lipinski definition) is 0. The summed E-state index contributed by atoms with van der Waals surface area (Å²) in [5, 5.41) is 11.5. The molecule has 0 saturated carbocycles. The molecule has 0 saturated heterocycles. The Labute approximate surface area is 221 Å². The van der Waals surface area contributed by atoms with Crippen LogP contribution in [0.4, 0.5) is 5.69 Å². The van der Waals surface area contributed by atoms with E-state index in [1.807, 2.05) is 60.7 Å². The van der Waals surface area contributed by atoms with E-state index in [0.717, 1.165) is 50.5 Å². The average Bonchev–Trinajstić information content (AvgIpc) is 3.35. The molecular weight excluding hydrogens is 468 g/mol. The van der Waals surface area contributed by atoms with Crippen LogP contribution in [0.3, 0.4) is 0 Å². The number of hydrogen-bond acceptors (Lipinski definition) is 2. The molecule has 5 aromatic carbocycles. The number of benzene rings is 5. The molecule has 6 aromatic rings. The molecule has 4 heteroatoms. The second kappa shape index (κ2) is 10.0. The van der Waals surface area contributed by atoms with Crippen molar-refractivity contribution in [1.82, 2.24) is 4.57 Å². The molecule has 0 aliphatic rings. The highest BCUT2D eigenvalue weighted by atomic mass is 16.6. The Hall–Kier alpha value is -5.22. The third-order valence-corrected chi connectivity index (χ3v) is 6.71. The lowest BCUT2D eigenvalue weighted by molar-refractivity contribution is -0.384. The van der Waals surface area contributed by atoms with Crippen molar-refractivity contribution < 1.29 is 4.92 Å². The molecule has 38 heavy (non-hydrogen) atoms. The van der Waals surface area contributed by atoms with Crippen LogP contribution in [0.2, 0.25) is 0 Å². The monoisotopic (exact) mass is 492 g/mol. The maximum absolute atomic E-state index is 11.5. The molecule has 0 spiro atoms. The smallest absolute Gasteiger partial charge is 0.269 e. The molecule has 0 N–H and O–H groups in total. The van der Waals surface area contributed by atoms with Crippen LogP contribution >= 0.6 is 0 Å². The molecule has 1 aromatic heterocycles. The molecule has 0 aliphatic carbocycles. The van der Waals surface area contributed by atoms with Crippen LogP contribution in [0.15, 0.2) is 146 Å². The van der Waals surface area contributed by atoms with Gasteiger partial charge >= 0.3 is 0 Å². The van der Waals surface area contributed by atoms with Crippen molar-refractivity contribution in [3.05, 3.63) is 156 Å². The molecule has 0 radical (unpaired) electrons. The molecule has 0 amide bonds. The van der Waals surface area contributed by atoms with Gasteiger partial charge in [0.25, 0.3) is 5.69 Å². The third kappa shape index (κ3) is 4.18. The summed E-state index contributed by atoms with van der Waals surface area (Å²) in [5.74, 6) is 0. The van der Waals surface area contributed by atoms with E-state index in [0.29, 0.717) is 0 Å². The highest BCUT2D eigenvalue weighted by Gasteiger charge is 2.27. The van der Waals surface area contributed by atoms with Crippen molar-refractivity contribution in [2.24, 2.45) is 0 Å². The molecule has 0 atom stereocenters. The highest BCUT2D eigenvalue weighted by Crippen LogP contribution is 2.49. The van der Waals surface area contributed by atoms with Gasteiger partial charge in [0.2, 0.25) is 0 Å². The first-order valence-electron chi connectivity index (χ1n) is 12.5. The summed E-state index contributed by atoms with van der Waals surface area (Å²) in [6.45, 7) is 0. The molecule has 1 heterocycles. The zero-order chi connectivity index (χ0) is 25.9. The van der Waals surface area contributed by atoms with Gasteiger partial charge in [-0.15, -0.1) is 0 Å². The van der Waals surface area contributed by atoms with Crippen LogP contribution in [-0.4, -0.2) is 9.49 Å². The molecule has 0 aliphatic heterocycles. The van der Waals surface area contributed by atoms with E-state index in [2.05, 4.69) is 77.4 Å². The lowest BCUT2D eigenvalue weighted by Crippen LogP contribution is -2.01. The summed E-state index contributed by atoms with van der Waals surface area (Å²) < 4.78 is 2.25. The van der Waals surface area contributed by atoms with Gasteiger partial charge in [-0.1, -0.05) is 121 Å². The van der Waals surface area contributed by atoms with Crippen molar-refractivity contribution >= 4 is 5.69 Å². The SMILES string of the molecule is O=[N+]([O-])c1ccc(-n2c(-c3ccccc3)c(-c3ccccc3)c(-c3ccccc3)c2-c2ccccc2)cc1. The fourth-order valence-corrected chi connectivity index (χ4v) is 5.06. The van der Waals surface area contributed by atoms with Gasteiger partial charge < -0.3 is 4.57 Å². The first-order chi connectivity index (χ1) is 18.7. The van der Waals surface area contributed by atoms with Crippen LogP contribution < -0.4 is 0 Å². The zero-order valence-electron chi connectivity index (χ0n) is 20.6. The Kier molecular flexibility index (Phi) is 6.12. The Morgan fingerprint density at radius 1 is 0.447 bits per heavy atom. The first-order valence-corrected chi connectivity index (χ1v) is 12.5. The van der Waals surface area contributed by atoms with E-state index in [9.17, 15) is 10.1 Å². The van der Waals surface area contributed by atoms with Crippen molar-refractivity contribution in [1.29, 1.82) is 0 Å². The molecule has 182 valence electrons. The summed E-state index contributed by atoms with van der Waals surface area (Å²) in [6, 6.07) is 48.4. The minimum Gasteiger partial charge on any atom is -0.308 e. The number of rotatable bonds is 6. The molecule has 6 rings (SSSR count). The second-order valence-electron chi connectivity index (χ2n) is 9.02. The van der Waals surface area contributed by atoms with Crippen molar-refractivity contribution in [3.63, 3.8) is 0 Å². The van der Waals surface area contributed by atoms with Gasteiger partial charge in [-0.05, 0) is 34.4 Å². The summed E-state index contributed by atoms with van der Waals surface area (Å²) in [5.41, 5.74) is 9.52. The summed E-state index contributed by atoms with van der Waals surface area (Å²) in [7, 11) is 0. The minimum absolute atomic E-state index is 0.0648. The first kappa shape index (κ1) is 23.2. The molecule has 0 fully saturated rings. The summed E-state index contributed by atoms with van der Waals surface area (Å²) in [6.07, 6.45) is 0. The van der Waals surface area contributed by atoms with E-state index in [4.69, 9.17) is 0 Å². The number of nitrogens with zero attached hydrogens (tertiary/aromatic N) is 2. The van der Waals surface area contributed by atoms with E-state index < -0.39 is 0 Å². The third-order valence-electron chi connectivity index (χ3n) is 6.71. The Morgan fingerprint density at radius 3 is 1.13 bits per heavy atom. The number of nitro groups is 1. The zero-order valence-corrected chi connectivity index (χ0v) is 20.6. The Morgan fingerprint density at radius 2 is 0.789 bits per heavy atom. The predicted octanol–water partition coefficient (Wildman–Crippen LogP) is 9.05. The largest absolute Gasteiger partial charge is 0.308 e. The van der Waals surface area contributed by atoms with Crippen molar-refractivity contribution in [2.45, 2.75) is 0 Å². The summed E-state index contributed by atoms with van der Waals surface area (Å²) in [4.78, 5) is 11.1. The van der Waals surface area contributed by atoms with Gasteiger partial charge in [-0.3, -0.25) is 10.1 Å². The van der Waals surface area contributed by atoms with Crippen molar-refractivity contribution in [2.75, 3.05) is 0 Å². The van der Waals surface area contributed by atoms with E-state index >= 15 is 0 Å². The normalized spacial score (nSPS) is 10.8. The number of aromatic nitrogens is 1. The maximum atomic E-state index is 11.5. The van der Waals surface area contributed by atoms with Crippen LogP contribution in [0, 0.1) is 10.1 Å².